The van der Waals surface area contributed by atoms with Gasteiger partial charge in [-0.15, -0.1) is 0 Å². The second kappa shape index (κ2) is 9.65. The van der Waals surface area contributed by atoms with E-state index in [1.807, 2.05) is 47.5 Å². The molecule has 1 saturated heterocycles. The molecular formula is C26H28N2O3. The summed E-state index contributed by atoms with van der Waals surface area (Å²) in [5, 5.41) is 0. The Morgan fingerprint density at radius 1 is 0.968 bits per heavy atom. The molecule has 160 valence electrons. The number of benzene rings is 2. The molecule has 4 rings (SSSR count). The lowest BCUT2D eigenvalue weighted by Crippen LogP contribution is -2.33. The maximum Gasteiger partial charge on any atom is 0.223 e. The molecule has 1 aromatic heterocycles. The average molecular weight is 417 g/mol. The van der Waals surface area contributed by atoms with Crippen LogP contribution in [0.2, 0.25) is 0 Å². The first-order valence-corrected chi connectivity index (χ1v) is 10.7. The fourth-order valence-electron chi connectivity index (χ4n) is 4.37. The number of pyridine rings is 1. The largest absolute Gasteiger partial charge is 0.496 e. The highest BCUT2D eigenvalue weighted by molar-refractivity contribution is 5.77. The number of nitrogens with zero attached hydrogens (tertiary/aromatic N) is 2. The molecule has 2 heterocycles. The first-order chi connectivity index (χ1) is 15.2. The molecule has 0 aliphatic carbocycles. The molecule has 3 aromatic rings. The van der Waals surface area contributed by atoms with Crippen molar-refractivity contribution in [3.63, 3.8) is 0 Å². The molecule has 1 atom stereocenters. The van der Waals surface area contributed by atoms with E-state index in [1.165, 1.54) is 0 Å². The molecule has 1 unspecified atom stereocenters. The third-order valence-corrected chi connectivity index (χ3v) is 5.89. The minimum atomic E-state index is -0.0943. The van der Waals surface area contributed by atoms with Gasteiger partial charge >= 0.3 is 0 Å². The minimum absolute atomic E-state index is 0.0943. The zero-order valence-electron chi connectivity index (χ0n) is 18.1. The summed E-state index contributed by atoms with van der Waals surface area (Å²) in [7, 11) is 3.33. The molecule has 2 aromatic carbocycles. The summed E-state index contributed by atoms with van der Waals surface area (Å²) in [4.78, 5) is 19.4. The number of hydrogen-bond acceptors (Lipinski definition) is 4. The molecule has 1 aliphatic rings. The molecule has 31 heavy (non-hydrogen) atoms. The van der Waals surface area contributed by atoms with Crippen LogP contribution < -0.4 is 9.47 Å². The third-order valence-electron chi connectivity index (χ3n) is 5.89. The van der Waals surface area contributed by atoms with E-state index in [0.717, 1.165) is 53.0 Å². The van der Waals surface area contributed by atoms with E-state index >= 15 is 0 Å². The van der Waals surface area contributed by atoms with Crippen molar-refractivity contribution in [1.29, 1.82) is 0 Å². The molecule has 0 spiro atoms. The van der Waals surface area contributed by atoms with Crippen molar-refractivity contribution in [3.05, 3.63) is 78.1 Å². The van der Waals surface area contributed by atoms with E-state index in [1.54, 1.807) is 20.4 Å². The lowest BCUT2D eigenvalue weighted by molar-refractivity contribution is -0.133. The fraction of sp³-hybridized carbons (Fsp3) is 0.308. The van der Waals surface area contributed by atoms with Gasteiger partial charge in [-0.1, -0.05) is 36.8 Å². The molecule has 0 N–H and O–H groups in total. The number of aromatic nitrogens is 1. The highest BCUT2D eigenvalue weighted by Crippen LogP contribution is 2.42. The Kier molecular flexibility index (Phi) is 6.51. The molecule has 1 fully saturated rings. The molecule has 1 aliphatic heterocycles. The van der Waals surface area contributed by atoms with E-state index in [9.17, 15) is 4.79 Å². The predicted molar refractivity (Wildman–Crippen MR) is 121 cm³/mol. The Bertz CT molecular complexity index is 1010. The predicted octanol–water partition coefficient (Wildman–Crippen LogP) is 5.41. The normalized spacial score (nSPS) is 16.6. The van der Waals surface area contributed by atoms with Crippen LogP contribution in [0.1, 0.15) is 42.9 Å². The number of rotatable bonds is 6. The van der Waals surface area contributed by atoms with Crippen molar-refractivity contribution in [2.75, 3.05) is 14.2 Å². The monoisotopic (exact) mass is 416 g/mol. The molecule has 0 bridgehead atoms. The van der Waals surface area contributed by atoms with Crippen molar-refractivity contribution in [2.24, 2.45) is 0 Å². The number of hydrogen-bond donors (Lipinski definition) is 0. The number of methoxy groups -OCH3 is 2. The van der Waals surface area contributed by atoms with Crippen molar-refractivity contribution in [1.82, 2.24) is 9.88 Å². The summed E-state index contributed by atoms with van der Waals surface area (Å²) in [5.41, 5.74) is 4.20. The van der Waals surface area contributed by atoms with Gasteiger partial charge in [0.15, 0.2) is 0 Å². The van der Waals surface area contributed by atoms with Gasteiger partial charge in [-0.25, -0.2) is 0 Å². The molecule has 5 nitrogen and oxygen atoms in total. The van der Waals surface area contributed by atoms with Crippen molar-refractivity contribution < 1.29 is 14.3 Å². The van der Waals surface area contributed by atoms with Crippen LogP contribution in [0.5, 0.6) is 11.5 Å². The van der Waals surface area contributed by atoms with Crippen LogP contribution in [0, 0.1) is 0 Å². The van der Waals surface area contributed by atoms with E-state index in [-0.39, 0.29) is 11.9 Å². The summed E-state index contributed by atoms with van der Waals surface area (Å²) >= 11 is 0. The summed E-state index contributed by atoms with van der Waals surface area (Å²) in [6.45, 7) is 0.540. The highest BCUT2D eigenvalue weighted by atomic mass is 16.5. The average Bonchev–Trinajstić information content (AvgIpc) is 3.00. The smallest absolute Gasteiger partial charge is 0.223 e. The Balaban J connectivity index is 1.71. The van der Waals surface area contributed by atoms with Crippen LogP contribution in [-0.2, 0) is 11.3 Å². The third kappa shape index (κ3) is 4.55. The quantitative estimate of drug-likeness (QED) is 0.539. The lowest BCUT2D eigenvalue weighted by Gasteiger charge is -2.32. The van der Waals surface area contributed by atoms with Crippen molar-refractivity contribution in [3.8, 4) is 22.6 Å². The van der Waals surface area contributed by atoms with Gasteiger partial charge in [0.2, 0.25) is 5.91 Å². The van der Waals surface area contributed by atoms with Crippen LogP contribution in [0.15, 0.2) is 67.0 Å². The van der Waals surface area contributed by atoms with Crippen LogP contribution >= 0.6 is 0 Å². The first-order valence-electron chi connectivity index (χ1n) is 10.7. The van der Waals surface area contributed by atoms with Gasteiger partial charge in [-0.3, -0.25) is 9.78 Å². The number of carbonyl (C=O) groups excluding carboxylic acids is 1. The second-order valence-corrected chi connectivity index (χ2v) is 7.80. The second-order valence-electron chi connectivity index (χ2n) is 7.80. The van der Waals surface area contributed by atoms with Crippen LogP contribution in [0.4, 0.5) is 0 Å². The van der Waals surface area contributed by atoms with E-state index < -0.39 is 0 Å². The summed E-state index contributed by atoms with van der Waals surface area (Å²) in [6.07, 6.45) is 6.97. The first kappa shape index (κ1) is 20.9. The standard InChI is InChI=1S/C26H28N2O3/c1-30-23-12-6-13-24(31-2)26(23)22-11-3-4-14-25(29)28(22)18-19-8-5-9-20(16-19)21-10-7-15-27-17-21/h5-10,12-13,15-17,22H,3-4,11,14,18H2,1-2H3. The van der Waals surface area contributed by atoms with Crippen LogP contribution in [0.25, 0.3) is 11.1 Å². The van der Waals surface area contributed by atoms with Gasteiger partial charge in [-0.05, 0) is 53.8 Å². The Labute approximate surface area is 183 Å². The molecular weight excluding hydrogens is 388 g/mol. The Morgan fingerprint density at radius 2 is 1.71 bits per heavy atom. The fourth-order valence-corrected chi connectivity index (χ4v) is 4.37. The minimum Gasteiger partial charge on any atom is -0.496 e. The molecule has 1 amide bonds. The lowest BCUT2D eigenvalue weighted by atomic mass is 9.97. The van der Waals surface area contributed by atoms with E-state index in [0.29, 0.717) is 13.0 Å². The van der Waals surface area contributed by atoms with Crippen LogP contribution in [-0.4, -0.2) is 30.0 Å². The van der Waals surface area contributed by atoms with Crippen LogP contribution in [0.3, 0.4) is 0 Å². The van der Waals surface area contributed by atoms with E-state index in [4.69, 9.17) is 9.47 Å². The zero-order chi connectivity index (χ0) is 21.6. The number of carbonyl (C=O) groups is 1. The van der Waals surface area contributed by atoms with Gasteiger partial charge in [0, 0.05) is 25.4 Å². The highest BCUT2D eigenvalue weighted by Gasteiger charge is 2.32. The zero-order valence-corrected chi connectivity index (χ0v) is 18.1. The van der Waals surface area contributed by atoms with Crippen molar-refractivity contribution >= 4 is 5.91 Å². The number of likely N-dealkylation sites (tertiary alicyclic amines) is 1. The maximum absolute atomic E-state index is 13.2. The maximum atomic E-state index is 13.2. The van der Waals surface area contributed by atoms with Gasteiger partial charge < -0.3 is 14.4 Å². The summed E-state index contributed by atoms with van der Waals surface area (Å²) in [5.74, 6) is 1.68. The molecule has 0 saturated carbocycles. The summed E-state index contributed by atoms with van der Waals surface area (Å²) < 4.78 is 11.3. The van der Waals surface area contributed by atoms with Gasteiger partial charge in [0.1, 0.15) is 11.5 Å². The topological polar surface area (TPSA) is 51.7 Å². The molecule has 5 heteroatoms. The number of amides is 1. The summed E-state index contributed by atoms with van der Waals surface area (Å²) in [6, 6.07) is 18.0. The number of ether oxygens (including phenoxy) is 2. The Morgan fingerprint density at radius 3 is 2.42 bits per heavy atom. The van der Waals surface area contributed by atoms with E-state index in [2.05, 4.69) is 23.2 Å². The Hall–Kier alpha value is -3.34. The van der Waals surface area contributed by atoms with Gasteiger partial charge in [-0.2, -0.15) is 0 Å². The molecule has 0 radical (unpaired) electrons. The van der Waals surface area contributed by atoms with Crippen molar-refractivity contribution in [2.45, 2.75) is 38.3 Å². The van der Waals surface area contributed by atoms with Gasteiger partial charge in [0.05, 0.1) is 25.8 Å². The van der Waals surface area contributed by atoms with Gasteiger partial charge in [0.25, 0.3) is 0 Å². The SMILES string of the molecule is COc1cccc(OC)c1C1CCCCC(=O)N1Cc1cccc(-c2cccnc2)c1.